The van der Waals surface area contributed by atoms with Crippen molar-refractivity contribution in [1.29, 1.82) is 0 Å². The van der Waals surface area contributed by atoms with Crippen LogP contribution in [0.5, 0.6) is 0 Å². The molecular weight excluding hydrogens is 548 g/mol. The highest BCUT2D eigenvalue weighted by Gasteiger charge is 2.18. The number of rotatable bonds is 4. The number of para-hydroxylation sites is 1. The van der Waals surface area contributed by atoms with Crippen LogP contribution in [0.4, 0.5) is 0 Å². The summed E-state index contributed by atoms with van der Waals surface area (Å²) in [6, 6.07) is 47.5. The van der Waals surface area contributed by atoms with Gasteiger partial charge in [0.25, 0.3) is 0 Å². The highest BCUT2D eigenvalue weighted by atomic mass is 15.0. The summed E-state index contributed by atoms with van der Waals surface area (Å²) in [6.45, 7) is 0.832. The number of fused-ring (bicyclic) bond motifs is 6. The molecule has 9 rings (SSSR count). The Bertz CT molecular complexity index is 2420. The van der Waals surface area contributed by atoms with E-state index in [0.29, 0.717) is 0 Å². The average molecular weight is 577 g/mol. The lowest BCUT2D eigenvalue weighted by molar-refractivity contribution is 0.855. The third kappa shape index (κ3) is 4.30. The van der Waals surface area contributed by atoms with Gasteiger partial charge in [-0.3, -0.25) is 4.98 Å². The van der Waals surface area contributed by atoms with E-state index in [4.69, 9.17) is 4.98 Å². The fraction of sp³-hybridized carbons (Fsp3) is 0.0244. The molecule has 3 aromatic heterocycles. The van der Waals surface area contributed by atoms with Gasteiger partial charge < -0.3 is 9.88 Å². The molecule has 0 saturated carbocycles. The lowest BCUT2D eigenvalue weighted by atomic mass is 9.97. The Labute approximate surface area is 261 Å². The van der Waals surface area contributed by atoms with Crippen LogP contribution in [0, 0.1) is 0 Å². The first-order valence-electron chi connectivity index (χ1n) is 15.3. The first kappa shape index (κ1) is 25.5. The van der Waals surface area contributed by atoms with Crippen molar-refractivity contribution < 1.29 is 0 Å². The standard InChI is InChI=1S/C41H28N4/c1-2-8-33-28(7-1)12-13-29-23-30(16-19-34(29)33)38-24-31(25-39(44-38)37-10-5-6-21-43-37)27-14-17-32(18-15-27)45-40-11-4-3-9-35(40)36-26-42-22-20-41(36)45/h1-25,42H,26H2. The van der Waals surface area contributed by atoms with Gasteiger partial charge in [-0.25, -0.2) is 4.98 Å². The van der Waals surface area contributed by atoms with Gasteiger partial charge in [0.2, 0.25) is 0 Å². The molecular formula is C41H28N4. The fourth-order valence-corrected chi connectivity index (χ4v) is 6.73. The normalized spacial score (nSPS) is 12.4. The van der Waals surface area contributed by atoms with Gasteiger partial charge in [0.1, 0.15) is 0 Å². The molecule has 4 nitrogen and oxygen atoms in total. The van der Waals surface area contributed by atoms with Crippen LogP contribution in [-0.4, -0.2) is 14.5 Å². The number of pyridine rings is 2. The summed E-state index contributed by atoms with van der Waals surface area (Å²) < 4.78 is 2.36. The number of aromatic nitrogens is 3. The van der Waals surface area contributed by atoms with Crippen molar-refractivity contribution in [3.63, 3.8) is 0 Å². The molecule has 1 aliphatic heterocycles. The van der Waals surface area contributed by atoms with Gasteiger partial charge in [-0.05, 0) is 93.5 Å². The summed E-state index contributed by atoms with van der Waals surface area (Å²) in [7, 11) is 0. The molecule has 1 N–H and O–H groups in total. The van der Waals surface area contributed by atoms with E-state index in [1.807, 2.05) is 30.6 Å². The van der Waals surface area contributed by atoms with Gasteiger partial charge in [-0.2, -0.15) is 0 Å². The molecule has 45 heavy (non-hydrogen) atoms. The number of nitrogens with one attached hydrogen (secondary N) is 1. The zero-order valence-corrected chi connectivity index (χ0v) is 24.5. The minimum Gasteiger partial charge on any atom is -0.387 e. The van der Waals surface area contributed by atoms with Crippen LogP contribution in [0.3, 0.4) is 0 Å². The zero-order valence-electron chi connectivity index (χ0n) is 24.5. The first-order chi connectivity index (χ1) is 22.3. The smallest absolute Gasteiger partial charge is 0.0899 e. The predicted octanol–water partition coefficient (Wildman–Crippen LogP) is 9.80. The molecule has 1 aliphatic rings. The van der Waals surface area contributed by atoms with Crippen molar-refractivity contribution >= 4 is 38.5 Å². The van der Waals surface area contributed by atoms with Gasteiger partial charge in [-0.1, -0.05) is 84.9 Å². The monoisotopic (exact) mass is 576 g/mol. The highest BCUT2D eigenvalue weighted by Crippen LogP contribution is 2.35. The van der Waals surface area contributed by atoms with Gasteiger partial charge >= 0.3 is 0 Å². The minimum absolute atomic E-state index is 0.832. The van der Waals surface area contributed by atoms with Gasteiger partial charge in [0.05, 0.1) is 28.3 Å². The van der Waals surface area contributed by atoms with E-state index in [2.05, 4.69) is 136 Å². The fourth-order valence-electron chi connectivity index (χ4n) is 6.73. The Morgan fingerprint density at radius 2 is 1.31 bits per heavy atom. The second kappa shape index (κ2) is 10.3. The molecule has 0 amide bonds. The lowest BCUT2D eigenvalue weighted by Crippen LogP contribution is -2.10. The summed E-state index contributed by atoms with van der Waals surface area (Å²) in [5.41, 5.74) is 10.9. The summed E-state index contributed by atoms with van der Waals surface area (Å²) >= 11 is 0. The van der Waals surface area contributed by atoms with Gasteiger partial charge in [0.15, 0.2) is 0 Å². The van der Waals surface area contributed by atoms with E-state index in [9.17, 15) is 0 Å². The topological polar surface area (TPSA) is 42.7 Å². The van der Waals surface area contributed by atoms with Gasteiger partial charge in [-0.15, -0.1) is 0 Å². The third-order valence-corrected chi connectivity index (χ3v) is 8.91. The molecule has 0 atom stereocenters. The third-order valence-electron chi connectivity index (χ3n) is 8.91. The van der Waals surface area contributed by atoms with Crippen molar-refractivity contribution in [3.05, 3.63) is 157 Å². The number of nitrogens with zero attached hydrogens (tertiary/aromatic N) is 3. The maximum absolute atomic E-state index is 5.13. The van der Waals surface area contributed by atoms with E-state index in [1.54, 1.807) is 0 Å². The Morgan fingerprint density at radius 1 is 0.556 bits per heavy atom. The minimum atomic E-state index is 0.832. The van der Waals surface area contributed by atoms with Crippen molar-refractivity contribution in [3.8, 4) is 39.5 Å². The van der Waals surface area contributed by atoms with Gasteiger partial charge in [0, 0.05) is 34.9 Å². The Kier molecular flexibility index (Phi) is 5.85. The highest BCUT2D eigenvalue weighted by molar-refractivity contribution is 6.08. The van der Waals surface area contributed by atoms with E-state index in [-0.39, 0.29) is 0 Å². The molecule has 4 heteroatoms. The number of hydrogen-bond donors (Lipinski definition) is 1. The van der Waals surface area contributed by atoms with Crippen LogP contribution in [-0.2, 0) is 6.54 Å². The predicted molar refractivity (Wildman–Crippen MR) is 186 cm³/mol. The Hall–Kier alpha value is -6.00. The maximum Gasteiger partial charge on any atom is 0.0899 e. The second-order valence-corrected chi connectivity index (χ2v) is 11.5. The molecule has 0 aliphatic carbocycles. The summed E-state index contributed by atoms with van der Waals surface area (Å²) in [6.07, 6.45) is 6.04. The summed E-state index contributed by atoms with van der Waals surface area (Å²) in [4.78, 5) is 9.77. The first-order valence-corrected chi connectivity index (χ1v) is 15.3. The Balaban J connectivity index is 1.17. The largest absolute Gasteiger partial charge is 0.387 e. The van der Waals surface area contributed by atoms with Crippen LogP contribution < -0.4 is 5.32 Å². The molecule has 8 aromatic rings. The van der Waals surface area contributed by atoms with E-state index < -0.39 is 0 Å². The van der Waals surface area contributed by atoms with Crippen LogP contribution in [0.1, 0.15) is 11.3 Å². The molecule has 0 radical (unpaired) electrons. The SMILES string of the molecule is C1=Cc2c(c3ccccc3n2-c2ccc(-c3cc(-c4ccc5c(ccc6ccccc65)c4)nc(-c4ccccn4)c3)cc2)CN1. The molecule has 0 saturated heterocycles. The van der Waals surface area contributed by atoms with E-state index >= 15 is 0 Å². The summed E-state index contributed by atoms with van der Waals surface area (Å²) in [5.74, 6) is 0. The summed E-state index contributed by atoms with van der Waals surface area (Å²) in [5, 5.41) is 9.63. The van der Waals surface area contributed by atoms with Crippen LogP contribution in [0.2, 0.25) is 0 Å². The van der Waals surface area contributed by atoms with E-state index in [1.165, 1.54) is 43.7 Å². The van der Waals surface area contributed by atoms with Crippen molar-refractivity contribution in [2.75, 3.05) is 0 Å². The number of hydrogen-bond acceptors (Lipinski definition) is 3. The molecule has 4 heterocycles. The van der Waals surface area contributed by atoms with Crippen molar-refractivity contribution in [2.24, 2.45) is 0 Å². The lowest BCUT2D eigenvalue weighted by Gasteiger charge is -2.14. The van der Waals surface area contributed by atoms with Crippen molar-refractivity contribution in [2.45, 2.75) is 6.54 Å². The molecule has 212 valence electrons. The van der Waals surface area contributed by atoms with Crippen molar-refractivity contribution in [1.82, 2.24) is 19.9 Å². The maximum atomic E-state index is 5.13. The molecule has 5 aromatic carbocycles. The van der Waals surface area contributed by atoms with E-state index in [0.717, 1.165) is 46.0 Å². The van der Waals surface area contributed by atoms with Crippen LogP contribution >= 0.6 is 0 Å². The molecule has 0 unspecified atom stereocenters. The number of benzene rings is 5. The quantitative estimate of drug-likeness (QED) is 0.212. The second-order valence-electron chi connectivity index (χ2n) is 11.5. The molecule has 0 spiro atoms. The van der Waals surface area contributed by atoms with Crippen LogP contribution in [0.15, 0.2) is 146 Å². The van der Waals surface area contributed by atoms with Crippen LogP contribution in [0.25, 0.3) is 78.0 Å². The Morgan fingerprint density at radius 3 is 2.20 bits per heavy atom. The zero-order chi connectivity index (χ0) is 29.7. The average Bonchev–Trinajstić information content (AvgIpc) is 3.46. The molecule has 0 fully saturated rings. The molecule has 0 bridgehead atoms.